The van der Waals surface area contributed by atoms with Crippen LogP contribution in [0.3, 0.4) is 0 Å². The largest absolute Gasteiger partial charge is 0.342 e. The third-order valence-corrected chi connectivity index (χ3v) is 12.1. The lowest BCUT2D eigenvalue weighted by Crippen LogP contribution is -2.23. The minimum atomic E-state index is -0.241. The van der Waals surface area contributed by atoms with Gasteiger partial charge in [-0.2, -0.15) is 0 Å². The molecule has 0 spiro atoms. The van der Waals surface area contributed by atoms with E-state index in [-0.39, 0.29) is 17.1 Å². The van der Waals surface area contributed by atoms with Gasteiger partial charge in [-0.1, -0.05) is 131 Å². The van der Waals surface area contributed by atoms with E-state index in [0.717, 1.165) is 56.6 Å². The molecule has 5 nitrogen and oxygen atoms in total. The van der Waals surface area contributed by atoms with Crippen molar-refractivity contribution in [2.24, 2.45) is 0 Å². The van der Waals surface area contributed by atoms with Crippen LogP contribution in [0.4, 0.5) is 34.1 Å². The Kier molecular flexibility index (Phi) is 12.0. The molecular formula is C60H51N3O2. The van der Waals surface area contributed by atoms with Gasteiger partial charge >= 0.3 is 0 Å². The SMILES string of the molecule is CCN1C(/C=C/c2ccc(N(c3ccc(C)cc3)c3ccc(C)cc3)cc2)=CC(=C2C(=O)c3ccccc3C2=O)C=C1/C=C/c1ccc(N(c2ccc(C)cc2)c2ccc(C)cc2)cc1. The van der Waals surface area contributed by atoms with Crippen molar-refractivity contribution in [2.75, 3.05) is 16.3 Å². The van der Waals surface area contributed by atoms with Gasteiger partial charge in [0.2, 0.25) is 0 Å². The molecule has 0 saturated carbocycles. The van der Waals surface area contributed by atoms with E-state index in [4.69, 9.17) is 0 Å². The molecule has 2 aliphatic rings. The molecule has 318 valence electrons. The lowest BCUT2D eigenvalue weighted by atomic mass is 9.97. The van der Waals surface area contributed by atoms with Crippen LogP contribution < -0.4 is 9.80 Å². The summed E-state index contributed by atoms with van der Waals surface area (Å²) in [7, 11) is 0. The van der Waals surface area contributed by atoms with Gasteiger partial charge in [0, 0.05) is 63.2 Å². The number of likely N-dealkylation sites (N-methyl/N-ethyl adjacent to an activating group) is 1. The Morgan fingerprint density at radius 3 is 0.985 bits per heavy atom. The van der Waals surface area contributed by atoms with E-state index < -0.39 is 0 Å². The van der Waals surface area contributed by atoms with E-state index in [1.54, 1.807) is 12.1 Å². The van der Waals surface area contributed by atoms with Crippen LogP contribution in [0.15, 0.2) is 217 Å². The predicted molar refractivity (Wildman–Crippen MR) is 270 cm³/mol. The first kappa shape index (κ1) is 42.3. The maximum Gasteiger partial charge on any atom is 0.198 e. The summed E-state index contributed by atoms with van der Waals surface area (Å²) in [6.45, 7) is 11.2. The van der Waals surface area contributed by atoms with Gasteiger partial charge in [0.05, 0.1) is 5.57 Å². The molecule has 0 fully saturated rings. The van der Waals surface area contributed by atoms with Crippen LogP contribution in [0.25, 0.3) is 12.2 Å². The number of Topliss-reactive ketones (excluding diaryl/α,β-unsaturated/α-hetero) is 2. The van der Waals surface area contributed by atoms with E-state index in [9.17, 15) is 9.59 Å². The van der Waals surface area contributed by atoms with Crippen molar-refractivity contribution in [3.05, 3.63) is 261 Å². The number of aryl methyl sites for hydroxylation is 4. The van der Waals surface area contributed by atoms with E-state index >= 15 is 0 Å². The Morgan fingerprint density at radius 2 is 0.692 bits per heavy atom. The number of nitrogens with zero attached hydrogens (tertiary/aromatic N) is 3. The minimum absolute atomic E-state index is 0.201. The summed E-state index contributed by atoms with van der Waals surface area (Å²) in [4.78, 5) is 34.5. The summed E-state index contributed by atoms with van der Waals surface area (Å²) >= 11 is 0. The Labute approximate surface area is 382 Å². The number of carbonyl (C=O) groups excluding carboxylic acids is 2. The highest BCUT2D eigenvalue weighted by molar-refractivity contribution is 6.40. The van der Waals surface area contributed by atoms with Crippen LogP contribution in [0.1, 0.15) is 61.0 Å². The number of carbonyl (C=O) groups is 2. The third kappa shape index (κ3) is 8.95. The first-order chi connectivity index (χ1) is 31.6. The lowest BCUT2D eigenvalue weighted by Gasteiger charge is -2.29. The molecule has 7 aromatic carbocycles. The third-order valence-electron chi connectivity index (χ3n) is 12.1. The molecule has 0 bridgehead atoms. The highest BCUT2D eigenvalue weighted by atomic mass is 16.2. The second-order valence-corrected chi connectivity index (χ2v) is 16.8. The van der Waals surface area contributed by atoms with Crippen LogP contribution >= 0.6 is 0 Å². The lowest BCUT2D eigenvalue weighted by molar-refractivity contribution is 0.0987. The predicted octanol–water partition coefficient (Wildman–Crippen LogP) is 15.1. The molecule has 0 saturated heterocycles. The van der Waals surface area contributed by atoms with Gasteiger partial charge < -0.3 is 14.7 Å². The molecule has 0 unspecified atom stereocenters. The minimum Gasteiger partial charge on any atom is -0.342 e. The molecule has 7 aromatic rings. The zero-order valence-corrected chi connectivity index (χ0v) is 37.5. The fourth-order valence-electron chi connectivity index (χ4n) is 8.47. The topological polar surface area (TPSA) is 43.9 Å². The van der Waals surface area contributed by atoms with Crippen LogP contribution in [0.2, 0.25) is 0 Å². The smallest absolute Gasteiger partial charge is 0.198 e. The first-order valence-corrected chi connectivity index (χ1v) is 22.2. The summed E-state index contributed by atoms with van der Waals surface area (Å²) in [6, 6.07) is 58.6. The molecule has 65 heavy (non-hydrogen) atoms. The van der Waals surface area contributed by atoms with E-state index in [2.05, 4.69) is 219 Å². The number of rotatable bonds is 11. The average Bonchev–Trinajstić information content (AvgIpc) is 3.59. The van der Waals surface area contributed by atoms with Crippen molar-refractivity contribution in [1.82, 2.24) is 4.90 Å². The summed E-state index contributed by atoms with van der Waals surface area (Å²) < 4.78 is 0. The Morgan fingerprint density at radius 1 is 0.400 bits per heavy atom. The van der Waals surface area contributed by atoms with Crippen molar-refractivity contribution in [3.8, 4) is 0 Å². The first-order valence-electron chi connectivity index (χ1n) is 22.2. The van der Waals surface area contributed by atoms with Crippen LogP contribution in [-0.2, 0) is 0 Å². The number of hydrogen-bond donors (Lipinski definition) is 0. The fraction of sp³-hybridized carbons (Fsp3) is 0.100. The highest BCUT2D eigenvalue weighted by Crippen LogP contribution is 2.38. The van der Waals surface area contributed by atoms with Crippen molar-refractivity contribution in [2.45, 2.75) is 34.6 Å². The quantitative estimate of drug-likeness (QED) is 0.0958. The van der Waals surface area contributed by atoms with Crippen LogP contribution in [0, 0.1) is 27.7 Å². The number of anilines is 6. The monoisotopic (exact) mass is 845 g/mol. The van der Waals surface area contributed by atoms with Gasteiger partial charge in [-0.05, 0) is 148 Å². The molecule has 0 radical (unpaired) electrons. The summed E-state index contributed by atoms with van der Waals surface area (Å²) in [6.07, 6.45) is 12.3. The van der Waals surface area contributed by atoms with Gasteiger partial charge in [0.1, 0.15) is 0 Å². The van der Waals surface area contributed by atoms with Crippen molar-refractivity contribution in [1.29, 1.82) is 0 Å². The molecule has 1 aliphatic carbocycles. The summed E-state index contributed by atoms with van der Waals surface area (Å²) in [5.41, 5.74) is 16.8. The van der Waals surface area contributed by atoms with Gasteiger partial charge in [-0.15, -0.1) is 0 Å². The van der Waals surface area contributed by atoms with Crippen LogP contribution in [0.5, 0.6) is 0 Å². The number of ketones is 2. The number of allylic oxidation sites excluding steroid dienone is 6. The molecule has 9 rings (SSSR count). The normalized spacial score (nSPS) is 13.7. The van der Waals surface area contributed by atoms with Gasteiger partial charge in [0.25, 0.3) is 0 Å². The molecule has 0 amide bonds. The maximum absolute atomic E-state index is 13.9. The van der Waals surface area contributed by atoms with Gasteiger partial charge in [0.15, 0.2) is 11.6 Å². The fourth-order valence-corrected chi connectivity index (χ4v) is 8.47. The van der Waals surface area contributed by atoms with E-state index in [0.29, 0.717) is 23.2 Å². The zero-order chi connectivity index (χ0) is 45.0. The molecule has 0 aromatic heterocycles. The highest BCUT2D eigenvalue weighted by Gasteiger charge is 2.35. The van der Waals surface area contributed by atoms with Crippen LogP contribution in [-0.4, -0.2) is 23.0 Å². The van der Waals surface area contributed by atoms with Gasteiger partial charge in [-0.3, -0.25) is 9.59 Å². The molecular weight excluding hydrogens is 795 g/mol. The number of benzene rings is 7. The van der Waals surface area contributed by atoms with Crippen molar-refractivity contribution < 1.29 is 9.59 Å². The van der Waals surface area contributed by atoms with Gasteiger partial charge in [-0.25, -0.2) is 0 Å². The molecule has 0 atom stereocenters. The average molecular weight is 846 g/mol. The number of fused-ring (bicyclic) bond motifs is 1. The summed E-state index contributed by atoms with van der Waals surface area (Å²) in [5, 5.41) is 0. The standard InChI is InChI=1S/C60H51N3O2/c1-6-61-54(37-23-45-19-33-52(34-20-45)62(48-25-11-41(2)12-26-48)49-27-13-42(3)14-28-49)39-47(58-59(64)56-9-7-8-10-57(56)60(58)65)40-55(61)38-24-46-21-35-53(36-22-46)63(50-29-15-43(4)16-30-50)51-31-17-44(5)18-32-51/h7-40H,6H2,1-5H3/b37-23+,38-24+. The van der Waals surface area contributed by atoms with Crippen molar-refractivity contribution in [3.63, 3.8) is 0 Å². The zero-order valence-electron chi connectivity index (χ0n) is 37.5. The summed E-state index contributed by atoms with van der Waals surface area (Å²) in [5.74, 6) is -0.483. The van der Waals surface area contributed by atoms with Crippen molar-refractivity contribution >= 4 is 57.8 Å². The Hall–Kier alpha value is -8.02. The molecule has 0 N–H and O–H groups in total. The second kappa shape index (κ2) is 18.4. The van der Waals surface area contributed by atoms with E-state index in [1.807, 2.05) is 24.3 Å². The number of hydrogen-bond acceptors (Lipinski definition) is 5. The molecule has 1 aliphatic heterocycles. The second-order valence-electron chi connectivity index (χ2n) is 16.8. The van der Waals surface area contributed by atoms with E-state index in [1.165, 1.54) is 22.3 Å². The Bertz CT molecular complexity index is 2740. The Balaban J connectivity index is 1.04. The molecule has 5 heteroatoms. The maximum atomic E-state index is 13.9. The molecule has 1 heterocycles.